The van der Waals surface area contributed by atoms with Crippen LogP contribution in [0.15, 0.2) is 18.3 Å². The van der Waals surface area contributed by atoms with E-state index in [2.05, 4.69) is 22.9 Å². The Morgan fingerprint density at radius 1 is 1.60 bits per heavy atom. The van der Waals surface area contributed by atoms with E-state index in [1.165, 1.54) is 18.4 Å². The van der Waals surface area contributed by atoms with E-state index in [9.17, 15) is 0 Å². The predicted molar refractivity (Wildman–Crippen MR) is 64.6 cm³/mol. The molecule has 0 aromatic carbocycles. The first-order chi connectivity index (χ1) is 7.29. The highest BCUT2D eigenvalue weighted by molar-refractivity contribution is 6.18. The van der Waals surface area contributed by atoms with Crippen molar-refractivity contribution in [2.45, 2.75) is 19.8 Å². The van der Waals surface area contributed by atoms with Crippen LogP contribution in [0.5, 0.6) is 0 Å². The summed E-state index contributed by atoms with van der Waals surface area (Å²) in [6, 6.07) is 4.18. The maximum Gasteiger partial charge on any atom is 0.128 e. The van der Waals surface area contributed by atoms with Gasteiger partial charge in [-0.05, 0) is 43.4 Å². The smallest absolute Gasteiger partial charge is 0.128 e. The van der Waals surface area contributed by atoms with Gasteiger partial charge in [-0.25, -0.2) is 4.98 Å². The average Bonchev–Trinajstić information content (AvgIpc) is 2.29. The summed E-state index contributed by atoms with van der Waals surface area (Å²) in [7, 11) is 0. The number of aromatic nitrogens is 1. The first-order valence-electron chi connectivity index (χ1n) is 5.53. The molecule has 1 fully saturated rings. The van der Waals surface area contributed by atoms with Crippen molar-refractivity contribution in [2.24, 2.45) is 5.92 Å². The topological polar surface area (TPSA) is 16.1 Å². The van der Waals surface area contributed by atoms with Crippen LogP contribution in [0.3, 0.4) is 0 Å². The summed E-state index contributed by atoms with van der Waals surface area (Å²) in [4.78, 5) is 6.77. The van der Waals surface area contributed by atoms with E-state index in [0.717, 1.165) is 24.8 Å². The minimum Gasteiger partial charge on any atom is -0.356 e. The van der Waals surface area contributed by atoms with Crippen LogP contribution in [-0.4, -0.2) is 24.0 Å². The number of hydrogen-bond donors (Lipinski definition) is 0. The van der Waals surface area contributed by atoms with Crippen LogP contribution >= 0.6 is 11.6 Å². The number of rotatable bonds is 2. The molecule has 82 valence electrons. The Morgan fingerprint density at radius 2 is 2.47 bits per heavy atom. The number of halogens is 1. The molecule has 0 aliphatic carbocycles. The Hall–Kier alpha value is -0.760. The van der Waals surface area contributed by atoms with Crippen LogP contribution < -0.4 is 4.90 Å². The lowest BCUT2D eigenvalue weighted by Gasteiger charge is -2.32. The van der Waals surface area contributed by atoms with Crippen LogP contribution in [0.2, 0.25) is 0 Å². The van der Waals surface area contributed by atoms with Crippen molar-refractivity contribution in [1.29, 1.82) is 0 Å². The fourth-order valence-corrected chi connectivity index (χ4v) is 2.34. The molecule has 1 saturated heterocycles. The zero-order valence-electron chi connectivity index (χ0n) is 9.12. The summed E-state index contributed by atoms with van der Waals surface area (Å²) >= 11 is 5.92. The molecule has 0 N–H and O–H groups in total. The molecule has 1 aliphatic rings. The first-order valence-corrected chi connectivity index (χ1v) is 6.06. The van der Waals surface area contributed by atoms with Crippen molar-refractivity contribution in [3.8, 4) is 0 Å². The number of nitrogens with zero attached hydrogens (tertiary/aromatic N) is 2. The largest absolute Gasteiger partial charge is 0.356 e. The molecule has 0 bridgehead atoms. The number of alkyl halides is 1. The maximum absolute atomic E-state index is 5.92. The molecule has 1 aliphatic heterocycles. The van der Waals surface area contributed by atoms with Gasteiger partial charge in [-0.15, -0.1) is 11.6 Å². The summed E-state index contributed by atoms with van der Waals surface area (Å²) in [6.45, 7) is 4.28. The van der Waals surface area contributed by atoms with E-state index >= 15 is 0 Å². The molecule has 1 unspecified atom stereocenters. The summed E-state index contributed by atoms with van der Waals surface area (Å²) in [5.41, 5.74) is 1.27. The van der Waals surface area contributed by atoms with Crippen LogP contribution in [0.4, 0.5) is 5.82 Å². The Bertz CT molecular complexity index is 327. The lowest BCUT2D eigenvalue weighted by Crippen LogP contribution is -2.36. The minimum atomic E-state index is 0.628. The lowest BCUT2D eigenvalue weighted by molar-refractivity contribution is 0.448. The zero-order chi connectivity index (χ0) is 10.7. The molecular weight excluding hydrogens is 208 g/mol. The van der Waals surface area contributed by atoms with Crippen molar-refractivity contribution in [3.05, 3.63) is 23.9 Å². The van der Waals surface area contributed by atoms with E-state index in [-0.39, 0.29) is 0 Å². The fourth-order valence-electron chi connectivity index (χ4n) is 2.09. The van der Waals surface area contributed by atoms with E-state index < -0.39 is 0 Å². The van der Waals surface area contributed by atoms with Gasteiger partial charge in [0.15, 0.2) is 0 Å². The second-order valence-electron chi connectivity index (χ2n) is 4.30. The van der Waals surface area contributed by atoms with Gasteiger partial charge >= 0.3 is 0 Å². The Kier molecular flexibility index (Phi) is 3.47. The maximum atomic E-state index is 5.92. The van der Waals surface area contributed by atoms with E-state index in [1.54, 1.807) is 0 Å². The predicted octanol–water partition coefficient (Wildman–Crippen LogP) is 2.85. The third-order valence-electron chi connectivity index (χ3n) is 2.96. The van der Waals surface area contributed by atoms with Crippen molar-refractivity contribution < 1.29 is 0 Å². The van der Waals surface area contributed by atoms with Crippen LogP contribution in [0.1, 0.15) is 18.4 Å². The van der Waals surface area contributed by atoms with Gasteiger partial charge in [-0.1, -0.05) is 0 Å². The number of pyridine rings is 1. The number of anilines is 1. The van der Waals surface area contributed by atoms with E-state index in [0.29, 0.717) is 5.92 Å². The first kappa shape index (κ1) is 10.7. The monoisotopic (exact) mass is 224 g/mol. The standard InChI is InChI=1S/C12H17ClN2/c1-10-4-5-14-12(7-10)15-6-2-3-11(8-13)9-15/h4-5,7,11H,2-3,6,8-9H2,1H3. The quantitative estimate of drug-likeness (QED) is 0.719. The van der Waals surface area contributed by atoms with Crippen LogP contribution in [0.25, 0.3) is 0 Å². The normalized spacial score (nSPS) is 21.7. The second-order valence-corrected chi connectivity index (χ2v) is 4.61. The highest BCUT2D eigenvalue weighted by Crippen LogP contribution is 2.22. The van der Waals surface area contributed by atoms with Gasteiger partial charge in [-0.3, -0.25) is 0 Å². The number of aryl methyl sites for hydroxylation is 1. The van der Waals surface area contributed by atoms with Crippen molar-refractivity contribution >= 4 is 17.4 Å². The minimum absolute atomic E-state index is 0.628. The molecule has 2 heterocycles. The molecule has 0 radical (unpaired) electrons. The number of piperidine rings is 1. The van der Waals surface area contributed by atoms with Gasteiger partial charge in [-0.2, -0.15) is 0 Å². The fraction of sp³-hybridized carbons (Fsp3) is 0.583. The molecule has 0 amide bonds. The molecule has 1 aromatic heterocycles. The molecule has 0 saturated carbocycles. The van der Waals surface area contributed by atoms with Crippen molar-refractivity contribution in [3.63, 3.8) is 0 Å². The van der Waals surface area contributed by atoms with Crippen molar-refractivity contribution in [1.82, 2.24) is 4.98 Å². The van der Waals surface area contributed by atoms with Gasteiger partial charge < -0.3 is 4.90 Å². The molecule has 1 atom stereocenters. The Morgan fingerprint density at radius 3 is 3.20 bits per heavy atom. The summed E-state index contributed by atoms with van der Waals surface area (Å²) < 4.78 is 0. The molecule has 2 rings (SSSR count). The molecule has 1 aromatic rings. The highest BCUT2D eigenvalue weighted by Gasteiger charge is 2.19. The highest BCUT2D eigenvalue weighted by atomic mass is 35.5. The van der Waals surface area contributed by atoms with E-state index in [4.69, 9.17) is 11.6 Å². The molecule has 15 heavy (non-hydrogen) atoms. The zero-order valence-corrected chi connectivity index (χ0v) is 9.87. The van der Waals surface area contributed by atoms with Crippen molar-refractivity contribution in [2.75, 3.05) is 23.9 Å². The number of hydrogen-bond acceptors (Lipinski definition) is 2. The molecule has 0 spiro atoms. The lowest BCUT2D eigenvalue weighted by atomic mass is 10.00. The van der Waals surface area contributed by atoms with Crippen LogP contribution in [-0.2, 0) is 0 Å². The summed E-state index contributed by atoms with van der Waals surface area (Å²) in [5, 5.41) is 0. The SMILES string of the molecule is Cc1ccnc(N2CCCC(CCl)C2)c1. The van der Waals surface area contributed by atoms with Crippen LogP contribution in [0, 0.1) is 12.8 Å². The van der Waals surface area contributed by atoms with Gasteiger partial charge in [0.25, 0.3) is 0 Å². The molecule has 3 heteroatoms. The third kappa shape index (κ3) is 2.63. The molecule has 2 nitrogen and oxygen atoms in total. The van der Waals surface area contributed by atoms with Gasteiger partial charge in [0.1, 0.15) is 5.82 Å². The average molecular weight is 225 g/mol. The third-order valence-corrected chi connectivity index (χ3v) is 3.40. The summed E-state index contributed by atoms with van der Waals surface area (Å²) in [5.74, 6) is 2.50. The Labute approximate surface area is 96.3 Å². The van der Waals surface area contributed by atoms with Gasteiger partial charge in [0.2, 0.25) is 0 Å². The Balaban J connectivity index is 2.09. The van der Waals surface area contributed by atoms with Gasteiger partial charge in [0, 0.05) is 25.2 Å². The summed E-state index contributed by atoms with van der Waals surface area (Å²) in [6.07, 6.45) is 4.37. The molecular formula is C12H17ClN2. The van der Waals surface area contributed by atoms with Gasteiger partial charge in [0.05, 0.1) is 0 Å². The second kappa shape index (κ2) is 4.84. The van der Waals surface area contributed by atoms with E-state index in [1.807, 2.05) is 12.3 Å².